The van der Waals surface area contributed by atoms with Gasteiger partial charge in [-0.2, -0.15) is 0 Å². The van der Waals surface area contributed by atoms with Crippen LogP contribution in [-0.4, -0.2) is 17.6 Å². The number of esters is 1. The van der Waals surface area contributed by atoms with E-state index in [9.17, 15) is 4.79 Å². The summed E-state index contributed by atoms with van der Waals surface area (Å²) in [6, 6.07) is 11.7. The number of benzene rings is 1. The first-order valence-corrected chi connectivity index (χ1v) is 9.27. The molecular weight excluding hydrogens is 342 g/mol. The number of aromatic nitrogens is 1. The van der Waals surface area contributed by atoms with Crippen molar-refractivity contribution in [3.63, 3.8) is 0 Å². The lowest BCUT2D eigenvalue weighted by molar-refractivity contribution is 0.0531. The first-order valence-electron chi connectivity index (χ1n) is 7.58. The summed E-state index contributed by atoms with van der Waals surface area (Å²) in [5.74, 6) is 0.523. The highest BCUT2D eigenvalue weighted by atomic mass is 32.1. The Kier molecular flexibility index (Phi) is 5.27. The van der Waals surface area contributed by atoms with Crippen LogP contribution in [0.4, 0.5) is 0 Å². The number of nitrogens with zero attached hydrogens (tertiary/aromatic N) is 1. The molecule has 0 saturated carbocycles. The SMILES string of the molecule is CCOC(=O)c1sc(-c2sccc2COc2ccccc2)nc1C. The van der Waals surface area contributed by atoms with Gasteiger partial charge in [0.2, 0.25) is 0 Å². The molecular formula is C18H17NO3S2. The van der Waals surface area contributed by atoms with Gasteiger partial charge in [0.25, 0.3) is 0 Å². The number of hydrogen-bond donors (Lipinski definition) is 0. The second-order valence-electron chi connectivity index (χ2n) is 5.03. The van der Waals surface area contributed by atoms with Gasteiger partial charge in [0.05, 0.1) is 17.2 Å². The number of carbonyl (C=O) groups is 1. The van der Waals surface area contributed by atoms with E-state index in [4.69, 9.17) is 9.47 Å². The van der Waals surface area contributed by atoms with Crippen LogP contribution in [0.15, 0.2) is 41.8 Å². The molecule has 0 bridgehead atoms. The summed E-state index contributed by atoms with van der Waals surface area (Å²) in [5, 5.41) is 2.84. The first-order chi connectivity index (χ1) is 11.7. The van der Waals surface area contributed by atoms with E-state index in [0.29, 0.717) is 23.8 Å². The van der Waals surface area contributed by atoms with Gasteiger partial charge in [-0.3, -0.25) is 0 Å². The molecule has 0 aliphatic heterocycles. The highest BCUT2D eigenvalue weighted by molar-refractivity contribution is 7.22. The molecule has 0 amide bonds. The minimum atomic E-state index is -0.308. The molecule has 3 rings (SSSR count). The Labute approximate surface area is 148 Å². The van der Waals surface area contributed by atoms with Gasteiger partial charge in [0.1, 0.15) is 22.2 Å². The number of thiazole rings is 1. The van der Waals surface area contributed by atoms with Gasteiger partial charge in [-0.05, 0) is 37.4 Å². The van der Waals surface area contributed by atoms with E-state index >= 15 is 0 Å². The number of aryl methyl sites for hydroxylation is 1. The standard InChI is InChI=1S/C18H17NO3S2/c1-3-21-18(20)15-12(2)19-17(24-15)16-13(9-10-23-16)11-22-14-7-5-4-6-8-14/h4-10H,3,11H2,1-2H3. The second kappa shape index (κ2) is 7.59. The zero-order valence-corrected chi connectivity index (χ0v) is 15.1. The van der Waals surface area contributed by atoms with Gasteiger partial charge in [-0.1, -0.05) is 18.2 Å². The lowest BCUT2D eigenvalue weighted by atomic mass is 10.2. The summed E-state index contributed by atoms with van der Waals surface area (Å²) in [5.41, 5.74) is 1.77. The molecule has 0 N–H and O–H groups in total. The van der Waals surface area contributed by atoms with E-state index in [1.165, 1.54) is 11.3 Å². The van der Waals surface area contributed by atoms with Crippen molar-refractivity contribution < 1.29 is 14.3 Å². The molecule has 2 aromatic heterocycles. The second-order valence-corrected chi connectivity index (χ2v) is 6.95. The predicted octanol–water partition coefficient (Wildman–Crippen LogP) is 4.94. The Balaban J connectivity index is 1.80. The van der Waals surface area contributed by atoms with Gasteiger partial charge in [-0.15, -0.1) is 22.7 Å². The van der Waals surface area contributed by atoms with Crippen LogP contribution >= 0.6 is 22.7 Å². The molecule has 2 heterocycles. The van der Waals surface area contributed by atoms with Crippen LogP contribution in [0.5, 0.6) is 5.75 Å². The molecule has 6 heteroatoms. The quantitative estimate of drug-likeness (QED) is 0.585. The predicted molar refractivity (Wildman–Crippen MR) is 96.9 cm³/mol. The number of hydrogen-bond acceptors (Lipinski definition) is 6. The molecule has 24 heavy (non-hydrogen) atoms. The van der Waals surface area contributed by atoms with Crippen LogP contribution < -0.4 is 4.74 Å². The fourth-order valence-electron chi connectivity index (χ4n) is 2.19. The Bertz CT molecular complexity index is 824. The molecule has 4 nitrogen and oxygen atoms in total. The van der Waals surface area contributed by atoms with E-state index in [-0.39, 0.29) is 5.97 Å². The van der Waals surface area contributed by atoms with Crippen molar-refractivity contribution in [2.75, 3.05) is 6.61 Å². The highest BCUT2D eigenvalue weighted by Crippen LogP contribution is 2.35. The summed E-state index contributed by atoms with van der Waals surface area (Å²) in [7, 11) is 0. The van der Waals surface area contributed by atoms with Crippen LogP contribution in [-0.2, 0) is 11.3 Å². The van der Waals surface area contributed by atoms with Gasteiger partial charge >= 0.3 is 5.97 Å². The molecule has 1 aromatic carbocycles. The Hall–Kier alpha value is -2.18. The molecule has 3 aromatic rings. The third-order valence-corrected chi connectivity index (χ3v) is 5.58. The molecule has 0 aliphatic carbocycles. The van der Waals surface area contributed by atoms with Crippen LogP contribution in [0, 0.1) is 6.92 Å². The van der Waals surface area contributed by atoms with Gasteiger partial charge < -0.3 is 9.47 Å². The van der Waals surface area contributed by atoms with E-state index < -0.39 is 0 Å². The Morgan fingerprint density at radius 2 is 2.00 bits per heavy atom. The molecule has 0 radical (unpaired) electrons. The Morgan fingerprint density at radius 3 is 2.75 bits per heavy atom. The van der Waals surface area contributed by atoms with Crippen molar-refractivity contribution in [2.45, 2.75) is 20.5 Å². The fourth-order valence-corrected chi connectivity index (χ4v) is 4.19. The smallest absolute Gasteiger partial charge is 0.350 e. The average Bonchev–Trinajstić information content (AvgIpc) is 3.20. The third-order valence-electron chi connectivity index (χ3n) is 3.34. The maximum atomic E-state index is 12.0. The van der Waals surface area contributed by atoms with E-state index in [0.717, 1.165) is 21.2 Å². The minimum Gasteiger partial charge on any atom is -0.489 e. The van der Waals surface area contributed by atoms with E-state index in [1.807, 2.05) is 48.7 Å². The highest BCUT2D eigenvalue weighted by Gasteiger charge is 2.19. The summed E-state index contributed by atoms with van der Waals surface area (Å²) in [6.45, 7) is 4.46. The number of thiophene rings is 1. The van der Waals surface area contributed by atoms with Crippen LogP contribution in [0.25, 0.3) is 9.88 Å². The molecule has 0 fully saturated rings. The van der Waals surface area contributed by atoms with Crippen molar-refractivity contribution in [3.05, 3.63) is 57.9 Å². The van der Waals surface area contributed by atoms with Crippen LogP contribution in [0.2, 0.25) is 0 Å². The van der Waals surface area contributed by atoms with Gasteiger partial charge in [0, 0.05) is 5.56 Å². The number of para-hydroxylation sites is 1. The molecule has 0 aliphatic rings. The zero-order valence-electron chi connectivity index (χ0n) is 13.4. The maximum Gasteiger partial charge on any atom is 0.350 e. The van der Waals surface area contributed by atoms with Crippen molar-refractivity contribution >= 4 is 28.6 Å². The topological polar surface area (TPSA) is 48.4 Å². The number of ether oxygens (including phenoxy) is 2. The summed E-state index contributed by atoms with van der Waals surface area (Å²) < 4.78 is 10.9. The number of rotatable bonds is 6. The molecule has 0 atom stereocenters. The fraction of sp³-hybridized carbons (Fsp3) is 0.222. The Morgan fingerprint density at radius 1 is 1.21 bits per heavy atom. The zero-order chi connectivity index (χ0) is 16.9. The molecule has 124 valence electrons. The largest absolute Gasteiger partial charge is 0.489 e. The van der Waals surface area contributed by atoms with Crippen LogP contribution in [0.3, 0.4) is 0 Å². The summed E-state index contributed by atoms with van der Waals surface area (Å²) in [4.78, 5) is 18.1. The van der Waals surface area contributed by atoms with Crippen molar-refractivity contribution in [2.24, 2.45) is 0 Å². The number of carbonyl (C=O) groups excluding carboxylic acids is 1. The minimum absolute atomic E-state index is 0.308. The third kappa shape index (κ3) is 3.66. The monoisotopic (exact) mass is 359 g/mol. The lowest BCUT2D eigenvalue weighted by Gasteiger charge is -2.05. The maximum absolute atomic E-state index is 12.0. The van der Waals surface area contributed by atoms with Crippen molar-refractivity contribution in [1.29, 1.82) is 0 Å². The molecule has 0 spiro atoms. The van der Waals surface area contributed by atoms with Gasteiger partial charge in [-0.25, -0.2) is 9.78 Å². The molecule has 0 unspecified atom stereocenters. The lowest BCUT2D eigenvalue weighted by Crippen LogP contribution is -2.03. The van der Waals surface area contributed by atoms with Crippen molar-refractivity contribution in [3.8, 4) is 15.6 Å². The summed E-state index contributed by atoms with van der Waals surface area (Å²) in [6.07, 6.45) is 0. The van der Waals surface area contributed by atoms with E-state index in [2.05, 4.69) is 4.98 Å². The first kappa shape index (κ1) is 16.7. The molecule has 0 saturated heterocycles. The normalized spacial score (nSPS) is 10.6. The van der Waals surface area contributed by atoms with Gasteiger partial charge in [0.15, 0.2) is 0 Å². The van der Waals surface area contributed by atoms with E-state index in [1.54, 1.807) is 18.3 Å². The van der Waals surface area contributed by atoms with Crippen LogP contribution in [0.1, 0.15) is 27.9 Å². The van der Waals surface area contributed by atoms with Crippen molar-refractivity contribution in [1.82, 2.24) is 4.98 Å². The average molecular weight is 359 g/mol. The summed E-state index contributed by atoms with van der Waals surface area (Å²) >= 11 is 2.97.